The van der Waals surface area contributed by atoms with Gasteiger partial charge in [0, 0.05) is 40.4 Å². The van der Waals surface area contributed by atoms with E-state index in [1.165, 1.54) is 5.56 Å². The topological polar surface area (TPSA) is 59.0 Å². The lowest BCUT2D eigenvalue weighted by Gasteiger charge is -2.45. The highest BCUT2D eigenvalue weighted by Gasteiger charge is 2.58. The Balaban J connectivity index is 1.18. The molecule has 0 amide bonds. The van der Waals surface area contributed by atoms with Gasteiger partial charge in [0.1, 0.15) is 11.4 Å². The second-order valence-corrected chi connectivity index (χ2v) is 11.6. The monoisotopic (exact) mass is 534 g/mol. The molecule has 41 heavy (non-hydrogen) atoms. The lowest BCUT2D eigenvalue weighted by molar-refractivity contribution is 0.0826. The van der Waals surface area contributed by atoms with Crippen LogP contribution in [0, 0.1) is 0 Å². The third-order valence-electron chi connectivity index (χ3n) is 9.18. The van der Waals surface area contributed by atoms with Gasteiger partial charge in [-0.15, -0.1) is 0 Å². The first-order valence-corrected chi connectivity index (χ1v) is 13.8. The Morgan fingerprint density at radius 3 is 2.15 bits per heavy atom. The van der Waals surface area contributed by atoms with Crippen molar-refractivity contribution >= 4 is 39.9 Å². The molecule has 5 nitrogen and oxygen atoms in total. The van der Waals surface area contributed by atoms with E-state index < -0.39 is 5.72 Å². The lowest BCUT2D eigenvalue weighted by atomic mass is 9.77. The van der Waals surface area contributed by atoms with Crippen LogP contribution in [0.4, 0.5) is 11.4 Å². The molecule has 0 saturated carbocycles. The van der Waals surface area contributed by atoms with Gasteiger partial charge in [-0.2, -0.15) is 0 Å². The minimum absolute atomic E-state index is 0.110. The Morgan fingerprint density at radius 1 is 0.707 bits per heavy atom. The van der Waals surface area contributed by atoms with E-state index in [4.69, 9.17) is 9.73 Å². The summed E-state index contributed by atoms with van der Waals surface area (Å²) in [5.41, 5.74) is 5.81. The fraction of sp³-hybridized carbons (Fsp3) is 0.139. The van der Waals surface area contributed by atoms with Crippen LogP contribution in [0.25, 0.3) is 21.9 Å². The SMILES string of the molecule is CN1c2ccccc2C(C)(C)C12C=Nc1c(ccc3cc(-c4ccc5c(c4)C(=O)c4ccccc4C5=O)ccc13)O2. The predicted molar refractivity (Wildman–Crippen MR) is 162 cm³/mol. The Kier molecular flexibility index (Phi) is 4.66. The van der Waals surface area contributed by atoms with Crippen molar-refractivity contribution in [3.05, 3.63) is 125 Å². The molecule has 3 aliphatic rings. The largest absolute Gasteiger partial charge is 0.459 e. The molecule has 0 bridgehead atoms. The van der Waals surface area contributed by atoms with Crippen LogP contribution >= 0.6 is 0 Å². The van der Waals surface area contributed by atoms with Gasteiger partial charge in [-0.1, -0.05) is 66.7 Å². The molecule has 1 aliphatic carbocycles. The number of ether oxygens (including phenoxy) is 1. The standard InChI is InChI=1S/C36H26N2O3/c1-35(2)29-10-6-7-11-30(29)38(3)36(35)20-37-32-24-15-12-21(18-23(24)14-17-31(32)41-36)22-13-16-27-28(19-22)34(40)26-9-5-4-8-25(26)33(27)39/h4-20H,1-3H3. The molecule has 5 heteroatoms. The van der Waals surface area contributed by atoms with E-state index in [9.17, 15) is 9.59 Å². The van der Waals surface area contributed by atoms with Gasteiger partial charge in [0.2, 0.25) is 5.72 Å². The summed E-state index contributed by atoms with van der Waals surface area (Å²) in [6, 6.07) is 31.2. The Morgan fingerprint density at radius 2 is 1.37 bits per heavy atom. The van der Waals surface area contributed by atoms with E-state index in [2.05, 4.69) is 68.3 Å². The summed E-state index contributed by atoms with van der Waals surface area (Å²) in [5.74, 6) is 0.521. The van der Waals surface area contributed by atoms with Gasteiger partial charge in [0.25, 0.3) is 0 Å². The fourth-order valence-electron chi connectivity index (χ4n) is 6.84. The van der Waals surface area contributed by atoms with Gasteiger partial charge in [-0.3, -0.25) is 14.6 Å². The fourth-order valence-corrected chi connectivity index (χ4v) is 6.84. The third-order valence-corrected chi connectivity index (χ3v) is 9.18. The molecule has 5 aromatic rings. The first-order chi connectivity index (χ1) is 19.8. The van der Waals surface area contributed by atoms with Crippen LogP contribution in [0.1, 0.15) is 51.3 Å². The highest BCUT2D eigenvalue weighted by Crippen LogP contribution is 2.54. The summed E-state index contributed by atoms with van der Waals surface area (Å²) in [7, 11) is 2.06. The van der Waals surface area contributed by atoms with Crippen molar-refractivity contribution in [1.82, 2.24) is 0 Å². The zero-order valence-electron chi connectivity index (χ0n) is 22.9. The first-order valence-electron chi connectivity index (χ1n) is 13.8. The zero-order valence-corrected chi connectivity index (χ0v) is 22.9. The molecule has 0 saturated heterocycles. The minimum Gasteiger partial charge on any atom is -0.459 e. The number of hydrogen-bond donors (Lipinski definition) is 0. The molecule has 198 valence electrons. The van der Waals surface area contributed by atoms with Gasteiger partial charge in [-0.05, 0) is 66.3 Å². The number of fused-ring (bicyclic) bond motifs is 6. The lowest BCUT2D eigenvalue weighted by Crippen LogP contribution is -2.61. The first kappa shape index (κ1) is 23.8. The van der Waals surface area contributed by atoms with Crippen LogP contribution in [0.15, 0.2) is 102 Å². The molecule has 0 radical (unpaired) electrons. The zero-order chi connectivity index (χ0) is 28.1. The summed E-state index contributed by atoms with van der Waals surface area (Å²) >= 11 is 0. The Hall–Kier alpha value is -5.03. The average Bonchev–Trinajstić information content (AvgIpc) is 3.17. The molecule has 2 heterocycles. The molecule has 0 fully saturated rings. The number of benzene rings is 5. The van der Waals surface area contributed by atoms with Crippen LogP contribution in [0.3, 0.4) is 0 Å². The van der Waals surface area contributed by atoms with Crippen molar-refractivity contribution < 1.29 is 14.3 Å². The Bertz CT molecular complexity index is 2020. The van der Waals surface area contributed by atoms with Gasteiger partial charge < -0.3 is 9.64 Å². The molecule has 0 aromatic heterocycles. The van der Waals surface area contributed by atoms with Crippen molar-refractivity contribution in [2.75, 3.05) is 11.9 Å². The van der Waals surface area contributed by atoms with Gasteiger partial charge in [0.05, 0.1) is 11.6 Å². The number of para-hydroxylation sites is 1. The second-order valence-electron chi connectivity index (χ2n) is 11.6. The smallest absolute Gasteiger partial charge is 0.228 e. The van der Waals surface area contributed by atoms with Crippen molar-refractivity contribution in [2.45, 2.75) is 25.0 Å². The second kappa shape index (κ2) is 8.01. The average molecular weight is 535 g/mol. The molecule has 5 aromatic carbocycles. The minimum atomic E-state index is -0.733. The number of anilines is 1. The molecule has 1 atom stereocenters. The van der Waals surface area contributed by atoms with Crippen molar-refractivity contribution in [3.8, 4) is 16.9 Å². The van der Waals surface area contributed by atoms with Crippen LogP contribution in [0.5, 0.6) is 5.75 Å². The Labute approximate surface area is 237 Å². The number of ketones is 2. The third kappa shape index (κ3) is 3.03. The van der Waals surface area contributed by atoms with Gasteiger partial charge in [-0.25, -0.2) is 0 Å². The number of aliphatic imine (C=N–C) groups is 1. The maximum atomic E-state index is 13.3. The highest BCUT2D eigenvalue weighted by atomic mass is 16.5. The maximum absolute atomic E-state index is 13.3. The van der Waals surface area contributed by atoms with Gasteiger partial charge >= 0.3 is 0 Å². The summed E-state index contributed by atoms with van der Waals surface area (Å²) in [6.07, 6.45) is 1.95. The number of nitrogens with zero attached hydrogens (tertiary/aromatic N) is 2. The predicted octanol–water partition coefficient (Wildman–Crippen LogP) is 7.50. The van der Waals surface area contributed by atoms with Crippen LogP contribution in [-0.2, 0) is 5.41 Å². The molecular weight excluding hydrogens is 508 g/mol. The van der Waals surface area contributed by atoms with Gasteiger partial charge in [0.15, 0.2) is 11.6 Å². The van der Waals surface area contributed by atoms with E-state index in [-0.39, 0.29) is 17.0 Å². The van der Waals surface area contributed by atoms with E-state index in [1.54, 1.807) is 30.3 Å². The highest BCUT2D eigenvalue weighted by molar-refractivity contribution is 6.28. The summed E-state index contributed by atoms with van der Waals surface area (Å²) in [4.78, 5) is 33.5. The number of carbonyl (C=O) groups excluding carboxylic acids is 2. The van der Waals surface area contributed by atoms with Crippen LogP contribution in [-0.4, -0.2) is 30.6 Å². The molecular formula is C36H26N2O3. The maximum Gasteiger partial charge on any atom is 0.228 e. The van der Waals surface area contributed by atoms with Crippen molar-refractivity contribution in [1.29, 1.82) is 0 Å². The molecule has 1 spiro atoms. The van der Waals surface area contributed by atoms with E-state index >= 15 is 0 Å². The van der Waals surface area contributed by atoms with E-state index in [0.717, 1.165) is 39.0 Å². The summed E-state index contributed by atoms with van der Waals surface area (Å²) in [6.45, 7) is 4.41. The van der Waals surface area contributed by atoms with Crippen molar-refractivity contribution in [2.24, 2.45) is 4.99 Å². The summed E-state index contributed by atoms with van der Waals surface area (Å²) in [5, 5.41) is 2.01. The number of carbonyl (C=O) groups is 2. The van der Waals surface area contributed by atoms with Crippen LogP contribution < -0.4 is 9.64 Å². The normalized spacial score (nSPS) is 19.5. The number of likely N-dealkylation sites (N-methyl/N-ethyl adjacent to an activating group) is 1. The molecule has 0 N–H and O–H groups in total. The number of rotatable bonds is 1. The van der Waals surface area contributed by atoms with Crippen molar-refractivity contribution in [3.63, 3.8) is 0 Å². The quantitative estimate of drug-likeness (QED) is 0.219. The number of hydrogen-bond acceptors (Lipinski definition) is 5. The molecule has 8 rings (SSSR count). The van der Waals surface area contributed by atoms with E-state index in [1.807, 2.05) is 30.5 Å². The molecule has 2 aliphatic heterocycles. The molecule has 1 unspecified atom stereocenters. The van der Waals surface area contributed by atoms with Crippen LogP contribution in [0.2, 0.25) is 0 Å². The summed E-state index contributed by atoms with van der Waals surface area (Å²) < 4.78 is 6.83. The van der Waals surface area contributed by atoms with E-state index in [0.29, 0.717) is 22.3 Å².